The van der Waals surface area contributed by atoms with Crippen molar-refractivity contribution in [2.75, 3.05) is 0 Å². The van der Waals surface area contributed by atoms with Crippen molar-refractivity contribution in [1.82, 2.24) is 15.2 Å². The Kier molecular flexibility index (Phi) is 6.11. The van der Waals surface area contributed by atoms with Crippen LogP contribution in [0.3, 0.4) is 0 Å². The summed E-state index contributed by atoms with van der Waals surface area (Å²) in [5.74, 6) is 5.56. The molecule has 1 aromatic rings. The van der Waals surface area contributed by atoms with E-state index < -0.39 is 0 Å². The first-order chi connectivity index (χ1) is 7.77. The highest BCUT2D eigenvalue weighted by atomic mass is 15.3. The molecule has 0 saturated carbocycles. The number of nitrogens with one attached hydrogen (secondary N) is 1. The number of aromatic nitrogens is 2. The lowest BCUT2D eigenvalue weighted by Gasteiger charge is -2.12. The lowest BCUT2D eigenvalue weighted by molar-refractivity contribution is 0.465. The van der Waals surface area contributed by atoms with Crippen molar-refractivity contribution >= 4 is 0 Å². The molecule has 4 nitrogen and oxygen atoms in total. The maximum absolute atomic E-state index is 5.56. The second kappa shape index (κ2) is 7.41. The van der Waals surface area contributed by atoms with Crippen molar-refractivity contribution in [2.45, 2.75) is 51.5 Å². The van der Waals surface area contributed by atoms with Gasteiger partial charge in [0.15, 0.2) is 0 Å². The van der Waals surface area contributed by atoms with E-state index in [1.807, 2.05) is 24.0 Å². The summed E-state index contributed by atoms with van der Waals surface area (Å²) in [7, 11) is 1.93. The van der Waals surface area contributed by atoms with Crippen LogP contribution in [0.15, 0.2) is 12.3 Å². The van der Waals surface area contributed by atoms with Crippen LogP contribution in [0.5, 0.6) is 0 Å². The summed E-state index contributed by atoms with van der Waals surface area (Å²) in [6, 6.07) is 2.22. The van der Waals surface area contributed by atoms with Gasteiger partial charge < -0.3 is 0 Å². The van der Waals surface area contributed by atoms with Crippen molar-refractivity contribution in [1.29, 1.82) is 0 Å². The van der Waals surface area contributed by atoms with E-state index in [9.17, 15) is 0 Å². The van der Waals surface area contributed by atoms with E-state index in [-0.39, 0.29) is 6.04 Å². The maximum atomic E-state index is 5.56. The number of unbranched alkanes of at least 4 members (excludes halogenated alkanes) is 4. The summed E-state index contributed by atoms with van der Waals surface area (Å²) in [6.07, 6.45) is 9.48. The number of hydrogen-bond acceptors (Lipinski definition) is 3. The van der Waals surface area contributed by atoms with Gasteiger partial charge in [-0.05, 0) is 12.5 Å². The molecule has 0 amide bonds. The predicted octanol–water partition coefficient (Wildman–Crippen LogP) is 2.29. The number of hydrazine groups is 1. The van der Waals surface area contributed by atoms with Crippen LogP contribution in [-0.4, -0.2) is 9.78 Å². The number of hydrogen-bond donors (Lipinski definition) is 2. The molecule has 0 aromatic carbocycles. The van der Waals surface area contributed by atoms with Gasteiger partial charge in [-0.15, -0.1) is 0 Å². The molecule has 3 N–H and O–H groups in total. The van der Waals surface area contributed by atoms with Gasteiger partial charge in [0.05, 0.1) is 11.7 Å². The van der Waals surface area contributed by atoms with Crippen molar-refractivity contribution in [2.24, 2.45) is 12.9 Å². The number of nitrogens with two attached hydrogens (primary N) is 1. The lowest BCUT2D eigenvalue weighted by atomic mass is 10.0. The first-order valence-corrected chi connectivity index (χ1v) is 6.23. The van der Waals surface area contributed by atoms with Crippen molar-refractivity contribution in [3.8, 4) is 0 Å². The largest absolute Gasteiger partial charge is 0.275 e. The standard InChI is InChI=1S/C12H24N4/c1-3-4-5-6-7-8-11(14-13)12-9-10-16(2)15-12/h9-11,14H,3-8,13H2,1-2H3. The topological polar surface area (TPSA) is 55.9 Å². The van der Waals surface area contributed by atoms with Crippen LogP contribution in [0.2, 0.25) is 0 Å². The average molecular weight is 224 g/mol. The molecule has 0 aliphatic heterocycles. The molecular weight excluding hydrogens is 200 g/mol. The van der Waals surface area contributed by atoms with E-state index in [2.05, 4.69) is 17.4 Å². The molecule has 0 aliphatic rings. The second-order valence-electron chi connectivity index (χ2n) is 4.34. The van der Waals surface area contributed by atoms with Crippen LogP contribution in [0.25, 0.3) is 0 Å². The zero-order valence-electron chi connectivity index (χ0n) is 10.4. The zero-order chi connectivity index (χ0) is 11.8. The number of aryl methyl sites for hydroxylation is 1. The molecule has 0 fully saturated rings. The van der Waals surface area contributed by atoms with Gasteiger partial charge in [-0.2, -0.15) is 5.10 Å². The van der Waals surface area contributed by atoms with Crippen LogP contribution in [0.1, 0.15) is 57.2 Å². The monoisotopic (exact) mass is 224 g/mol. The Morgan fingerprint density at radius 1 is 1.38 bits per heavy atom. The molecule has 0 saturated heterocycles. The van der Waals surface area contributed by atoms with E-state index in [1.165, 1.54) is 32.1 Å². The van der Waals surface area contributed by atoms with Crippen molar-refractivity contribution in [3.63, 3.8) is 0 Å². The fraction of sp³-hybridized carbons (Fsp3) is 0.750. The highest BCUT2D eigenvalue weighted by Gasteiger charge is 2.11. The quantitative estimate of drug-likeness (QED) is 0.404. The maximum Gasteiger partial charge on any atom is 0.0807 e. The van der Waals surface area contributed by atoms with Gasteiger partial charge in [0, 0.05) is 13.2 Å². The molecule has 1 atom stereocenters. The molecule has 0 aliphatic carbocycles. The van der Waals surface area contributed by atoms with Crippen LogP contribution < -0.4 is 11.3 Å². The Morgan fingerprint density at radius 2 is 2.12 bits per heavy atom. The Bertz CT molecular complexity index is 282. The van der Waals surface area contributed by atoms with Gasteiger partial charge in [-0.25, -0.2) is 0 Å². The van der Waals surface area contributed by atoms with Gasteiger partial charge in [-0.3, -0.25) is 16.0 Å². The van der Waals surface area contributed by atoms with Gasteiger partial charge in [0.2, 0.25) is 0 Å². The second-order valence-corrected chi connectivity index (χ2v) is 4.34. The third kappa shape index (κ3) is 4.33. The fourth-order valence-electron chi connectivity index (χ4n) is 1.89. The molecule has 1 heterocycles. The van der Waals surface area contributed by atoms with Crippen LogP contribution in [0.4, 0.5) is 0 Å². The fourth-order valence-corrected chi connectivity index (χ4v) is 1.89. The van der Waals surface area contributed by atoms with Gasteiger partial charge in [-0.1, -0.05) is 39.0 Å². The summed E-state index contributed by atoms with van der Waals surface area (Å²) in [6.45, 7) is 2.23. The molecular formula is C12H24N4. The predicted molar refractivity (Wildman–Crippen MR) is 66.6 cm³/mol. The Morgan fingerprint density at radius 3 is 2.69 bits per heavy atom. The van der Waals surface area contributed by atoms with Gasteiger partial charge in [0.1, 0.15) is 0 Å². The Balaban J connectivity index is 2.27. The number of rotatable bonds is 8. The van der Waals surface area contributed by atoms with Gasteiger partial charge >= 0.3 is 0 Å². The summed E-state index contributed by atoms with van der Waals surface area (Å²) in [4.78, 5) is 0. The zero-order valence-corrected chi connectivity index (χ0v) is 10.4. The van der Waals surface area contributed by atoms with E-state index in [4.69, 9.17) is 5.84 Å². The smallest absolute Gasteiger partial charge is 0.0807 e. The third-order valence-electron chi connectivity index (χ3n) is 2.89. The lowest BCUT2D eigenvalue weighted by Crippen LogP contribution is -2.28. The minimum atomic E-state index is 0.197. The molecule has 0 spiro atoms. The van der Waals surface area contributed by atoms with E-state index in [0.717, 1.165) is 12.1 Å². The molecule has 16 heavy (non-hydrogen) atoms. The third-order valence-corrected chi connectivity index (χ3v) is 2.89. The molecule has 1 unspecified atom stereocenters. The van der Waals surface area contributed by atoms with Gasteiger partial charge in [0.25, 0.3) is 0 Å². The average Bonchev–Trinajstić information content (AvgIpc) is 2.70. The SMILES string of the molecule is CCCCCCCC(NN)c1ccn(C)n1. The van der Waals surface area contributed by atoms with Crippen LogP contribution in [-0.2, 0) is 7.05 Å². The highest BCUT2D eigenvalue weighted by Crippen LogP contribution is 2.17. The van der Waals surface area contributed by atoms with E-state index in [0.29, 0.717) is 0 Å². The summed E-state index contributed by atoms with van der Waals surface area (Å²) < 4.78 is 1.82. The summed E-state index contributed by atoms with van der Waals surface area (Å²) >= 11 is 0. The first kappa shape index (κ1) is 13.2. The molecule has 0 bridgehead atoms. The van der Waals surface area contributed by atoms with Crippen LogP contribution in [0, 0.1) is 0 Å². The molecule has 1 rings (SSSR count). The minimum Gasteiger partial charge on any atom is -0.275 e. The minimum absolute atomic E-state index is 0.197. The molecule has 1 aromatic heterocycles. The highest BCUT2D eigenvalue weighted by molar-refractivity contribution is 5.04. The van der Waals surface area contributed by atoms with E-state index in [1.54, 1.807) is 0 Å². The summed E-state index contributed by atoms with van der Waals surface area (Å²) in [5.41, 5.74) is 3.89. The van der Waals surface area contributed by atoms with E-state index >= 15 is 0 Å². The Labute approximate surface area is 98.2 Å². The Hall–Kier alpha value is -0.870. The molecule has 92 valence electrons. The van der Waals surface area contributed by atoms with Crippen LogP contribution >= 0.6 is 0 Å². The molecule has 4 heteroatoms. The normalized spacial score (nSPS) is 12.9. The van der Waals surface area contributed by atoms with Crippen molar-refractivity contribution in [3.05, 3.63) is 18.0 Å². The molecule has 0 radical (unpaired) electrons. The summed E-state index contributed by atoms with van der Waals surface area (Å²) in [5, 5.41) is 4.37. The number of nitrogens with zero attached hydrogens (tertiary/aromatic N) is 2. The first-order valence-electron chi connectivity index (χ1n) is 6.23. The van der Waals surface area contributed by atoms with Crippen molar-refractivity contribution < 1.29 is 0 Å².